The Morgan fingerprint density at radius 2 is 1.89 bits per heavy atom. The number of halogens is 2. The molecule has 148 valence electrons. The predicted molar refractivity (Wildman–Crippen MR) is 102 cm³/mol. The van der Waals surface area contributed by atoms with E-state index >= 15 is 0 Å². The van der Waals surface area contributed by atoms with E-state index in [4.69, 9.17) is 25.8 Å². The van der Waals surface area contributed by atoms with Crippen molar-refractivity contribution in [1.29, 1.82) is 0 Å². The molecule has 2 aliphatic rings. The van der Waals surface area contributed by atoms with Crippen LogP contribution in [0.4, 0.5) is 4.39 Å². The molecule has 5 nitrogen and oxygen atoms in total. The zero-order valence-electron chi connectivity index (χ0n) is 15.3. The van der Waals surface area contributed by atoms with Crippen molar-refractivity contribution < 1.29 is 23.4 Å². The molecule has 2 aromatic carbocycles. The number of benzene rings is 2. The largest absolute Gasteiger partial charge is 0.486 e. The lowest BCUT2D eigenvalue weighted by Gasteiger charge is -2.27. The van der Waals surface area contributed by atoms with Crippen molar-refractivity contribution in [2.45, 2.75) is 32.0 Å². The number of rotatable bonds is 5. The van der Waals surface area contributed by atoms with Crippen LogP contribution in [0.25, 0.3) is 0 Å². The van der Waals surface area contributed by atoms with E-state index in [0.29, 0.717) is 54.9 Å². The summed E-state index contributed by atoms with van der Waals surface area (Å²) in [5, 5.41) is 0.298. The van der Waals surface area contributed by atoms with E-state index in [-0.39, 0.29) is 12.5 Å². The van der Waals surface area contributed by atoms with Crippen LogP contribution in [0.1, 0.15) is 24.0 Å². The molecule has 1 atom stereocenters. The summed E-state index contributed by atoms with van der Waals surface area (Å²) in [5.41, 5.74) is 1.60. The summed E-state index contributed by atoms with van der Waals surface area (Å²) in [6, 6.07) is 9.86. The van der Waals surface area contributed by atoms with Gasteiger partial charge in [0.1, 0.15) is 25.1 Å². The fourth-order valence-corrected chi connectivity index (χ4v) is 3.68. The van der Waals surface area contributed by atoms with Crippen molar-refractivity contribution in [1.82, 2.24) is 4.90 Å². The van der Waals surface area contributed by atoms with E-state index in [1.807, 2.05) is 18.2 Å². The number of carbonyl (C=O) groups is 1. The van der Waals surface area contributed by atoms with Crippen molar-refractivity contribution in [3.63, 3.8) is 0 Å². The molecular weight excluding hydrogens is 385 g/mol. The molecule has 0 radical (unpaired) electrons. The quantitative estimate of drug-likeness (QED) is 0.755. The van der Waals surface area contributed by atoms with Crippen LogP contribution in [-0.2, 0) is 22.6 Å². The molecule has 1 fully saturated rings. The van der Waals surface area contributed by atoms with Crippen LogP contribution in [0.5, 0.6) is 11.5 Å². The summed E-state index contributed by atoms with van der Waals surface area (Å²) >= 11 is 6.19. The number of ether oxygens (including phenoxy) is 3. The summed E-state index contributed by atoms with van der Waals surface area (Å²) in [6.07, 6.45) is 1.12. The second-order valence-corrected chi connectivity index (χ2v) is 7.32. The molecule has 7 heteroatoms. The van der Waals surface area contributed by atoms with E-state index in [2.05, 4.69) is 0 Å². The van der Waals surface area contributed by atoms with Crippen LogP contribution in [0.15, 0.2) is 36.4 Å². The lowest BCUT2D eigenvalue weighted by Crippen LogP contribution is -2.38. The number of fused-ring (bicyclic) bond motifs is 1. The molecule has 0 spiro atoms. The fraction of sp³-hybridized carbons (Fsp3) is 0.381. The first-order valence-electron chi connectivity index (χ1n) is 9.33. The molecule has 0 N–H and O–H groups in total. The standard InChI is InChI=1S/C21H21ClFNO4/c22-17-11-16(23)5-4-15(17)13-24(21(25)19-2-1-7-26-19)12-14-3-6-18-20(10-14)28-9-8-27-18/h3-6,10-11,19H,1-2,7-9,12-13H2/t19-/m0/s1. The van der Waals surface area contributed by atoms with Gasteiger partial charge in [0.15, 0.2) is 11.5 Å². The summed E-state index contributed by atoms with van der Waals surface area (Å²) in [7, 11) is 0. The van der Waals surface area contributed by atoms with Gasteiger partial charge >= 0.3 is 0 Å². The Morgan fingerprint density at radius 1 is 1.07 bits per heavy atom. The second kappa shape index (κ2) is 8.37. The molecule has 1 amide bonds. The number of hydrogen-bond donors (Lipinski definition) is 0. The van der Waals surface area contributed by atoms with Crippen LogP contribution < -0.4 is 9.47 Å². The van der Waals surface area contributed by atoms with Gasteiger partial charge in [-0.3, -0.25) is 4.79 Å². The third-order valence-electron chi connectivity index (χ3n) is 4.87. The van der Waals surface area contributed by atoms with Crippen molar-refractivity contribution in [3.8, 4) is 11.5 Å². The first-order chi connectivity index (χ1) is 13.6. The maximum atomic E-state index is 13.4. The van der Waals surface area contributed by atoms with Gasteiger partial charge in [0.2, 0.25) is 0 Å². The lowest BCUT2D eigenvalue weighted by molar-refractivity contribution is -0.142. The monoisotopic (exact) mass is 405 g/mol. The van der Waals surface area contributed by atoms with Crippen molar-refractivity contribution >= 4 is 17.5 Å². The molecule has 2 heterocycles. The number of hydrogen-bond acceptors (Lipinski definition) is 4. The van der Waals surface area contributed by atoms with E-state index < -0.39 is 11.9 Å². The molecule has 4 rings (SSSR count). The fourth-order valence-electron chi connectivity index (χ4n) is 3.45. The van der Waals surface area contributed by atoms with Gasteiger partial charge in [-0.15, -0.1) is 0 Å². The summed E-state index contributed by atoms with van der Waals surface area (Å²) in [4.78, 5) is 14.7. The summed E-state index contributed by atoms with van der Waals surface area (Å²) < 4.78 is 30.2. The minimum absolute atomic E-state index is 0.0900. The van der Waals surface area contributed by atoms with Crippen LogP contribution in [0, 0.1) is 5.82 Å². The summed E-state index contributed by atoms with van der Waals surface area (Å²) in [6.45, 7) is 2.25. The molecule has 2 aliphatic heterocycles. The third kappa shape index (κ3) is 4.23. The molecular formula is C21H21ClFNO4. The maximum absolute atomic E-state index is 13.4. The van der Waals surface area contributed by atoms with E-state index in [1.165, 1.54) is 12.1 Å². The normalized spacial score (nSPS) is 18.1. The van der Waals surface area contributed by atoms with Crippen molar-refractivity contribution in [3.05, 3.63) is 58.4 Å². The Balaban J connectivity index is 1.58. The zero-order valence-corrected chi connectivity index (χ0v) is 16.1. The van der Waals surface area contributed by atoms with E-state index in [1.54, 1.807) is 11.0 Å². The van der Waals surface area contributed by atoms with Crippen LogP contribution in [0.3, 0.4) is 0 Å². The third-order valence-corrected chi connectivity index (χ3v) is 5.22. The Labute approximate surface area is 167 Å². The number of amides is 1. The minimum atomic E-state index is -0.448. The molecule has 0 aromatic heterocycles. The van der Waals surface area contributed by atoms with Gasteiger partial charge in [-0.1, -0.05) is 23.7 Å². The van der Waals surface area contributed by atoms with Gasteiger partial charge in [0, 0.05) is 24.7 Å². The summed E-state index contributed by atoms with van der Waals surface area (Å²) in [5.74, 6) is 0.882. The maximum Gasteiger partial charge on any atom is 0.252 e. The highest BCUT2D eigenvalue weighted by molar-refractivity contribution is 6.31. The average Bonchev–Trinajstić information content (AvgIpc) is 3.23. The molecule has 2 aromatic rings. The van der Waals surface area contributed by atoms with Gasteiger partial charge in [0.05, 0.1) is 0 Å². The zero-order chi connectivity index (χ0) is 19.5. The van der Waals surface area contributed by atoms with Crippen LogP contribution >= 0.6 is 11.6 Å². The van der Waals surface area contributed by atoms with Crippen LogP contribution in [-0.4, -0.2) is 36.7 Å². The highest BCUT2D eigenvalue weighted by Crippen LogP contribution is 2.32. The van der Waals surface area contributed by atoms with Crippen molar-refractivity contribution in [2.24, 2.45) is 0 Å². The average molecular weight is 406 g/mol. The molecule has 0 saturated carbocycles. The van der Waals surface area contributed by atoms with E-state index in [0.717, 1.165) is 12.0 Å². The highest BCUT2D eigenvalue weighted by Gasteiger charge is 2.29. The predicted octanol–water partition coefficient (Wildman–Crippen LogP) is 3.96. The molecule has 0 unspecified atom stereocenters. The Hall–Kier alpha value is -2.31. The van der Waals surface area contributed by atoms with Gasteiger partial charge in [-0.2, -0.15) is 0 Å². The topological polar surface area (TPSA) is 48.0 Å². The van der Waals surface area contributed by atoms with Crippen LogP contribution in [0.2, 0.25) is 5.02 Å². The second-order valence-electron chi connectivity index (χ2n) is 6.91. The Bertz CT molecular complexity index is 869. The molecule has 28 heavy (non-hydrogen) atoms. The Morgan fingerprint density at radius 3 is 2.64 bits per heavy atom. The van der Waals surface area contributed by atoms with Gasteiger partial charge in [-0.05, 0) is 48.2 Å². The molecule has 1 saturated heterocycles. The smallest absolute Gasteiger partial charge is 0.252 e. The van der Waals surface area contributed by atoms with E-state index in [9.17, 15) is 9.18 Å². The van der Waals surface area contributed by atoms with Gasteiger partial charge in [0.25, 0.3) is 5.91 Å². The first kappa shape index (κ1) is 19.0. The number of carbonyl (C=O) groups excluding carboxylic acids is 1. The van der Waals surface area contributed by atoms with Crippen molar-refractivity contribution in [2.75, 3.05) is 19.8 Å². The SMILES string of the molecule is O=C([C@@H]1CCCO1)N(Cc1ccc2c(c1)OCCO2)Cc1ccc(F)cc1Cl. The van der Waals surface area contributed by atoms with Gasteiger partial charge in [-0.25, -0.2) is 4.39 Å². The molecule has 0 bridgehead atoms. The first-order valence-corrected chi connectivity index (χ1v) is 9.71. The molecule has 0 aliphatic carbocycles. The lowest BCUT2D eigenvalue weighted by atomic mass is 10.1. The Kier molecular flexibility index (Phi) is 5.69. The minimum Gasteiger partial charge on any atom is -0.486 e. The highest BCUT2D eigenvalue weighted by atomic mass is 35.5. The number of nitrogens with zero attached hydrogens (tertiary/aromatic N) is 1. The van der Waals surface area contributed by atoms with Gasteiger partial charge < -0.3 is 19.1 Å².